The minimum Gasteiger partial charge on any atom is -0.459 e. The number of likely N-dealkylation sites (tertiary alicyclic amines) is 1. The van der Waals surface area contributed by atoms with Crippen LogP contribution in [-0.2, 0) is 9.53 Å². The van der Waals surface area contributed by atoms with E-state index in [4.69, 9.17) is 9.15 Å². The van der Waals surface area contributed by atoms with Crippen LogP contribution in [0.25, 0.3) is 0 Å². The number of rotatable bonds is 6. The van der Waals surface area contributed by atoms with Crippen molar-refractivity contribution in [3.8, 4) is 0 Å². The number of ether oxygens (including phenoxy) is 1. The molecule has 27 heavy (non-hydrogen) atoms. The predicted molar refractivity (Wildman–Crippen MR) is 101 cm³/mol. The summed E-state index contributed by atoms with van der Waals surface area (Å²) in [5.41, 5.74) is 0. The minimum absolute atomic E-state index is 0.0107. The molecule has 2 fully saturated rings. The van der Waals surface area contributed by atoms with Gasteiger partial charge in [0, 0.05) is 39.3 Å². The molecule has 0 aromatic carbocycles. The van der Waals surface area contributed by atoms with Crippen LogP contribution in [0.4, 0.5) is 0 Å². The van der Waals surface area contributed by atoms with Crippen LogP contribution in [0.1, 0.15) is 37.2 Å². The molecule has 2 atom stereocenters. The van der Waals surface area contributed by atoms with Gasteiger partial charge in [0.2, 0.25) is 5.91 Å². The van der Waals surface area contributed by atoms with Crippen molar-refractivity contribution in [1.29, 1.82) is 0 Å². The third kappa shape index (κ3) is 5.56. The highest BCUT2D eigenvalue weighted by Gasteiger charge is 2.30. The summed E-state index contributed by atoms with van der Waals surface area (Å²) in [5.74, 6) is 0.650. The molecule has 7 heteroatoms. The first-order chi connectivity index (χ1) is 13.0. The Labute approximate surface area is 161 Å². The fraction of sp³-hybridized carbons (Fsp3) is 0.700. The van der Waals surface area contributed by atoms with Crippen LogP contribution < -0.4 is 5.32 Å². The summed E-state index contributed by atoms with van der Waals surface area (Å²) in [6.07, 6.45) is 3.16. The first-order valence-corrected chi connectivity index (χ1v) is 9.97. The van der Waals surface area contributed by atoms with Crippen LogP contribution in [0, 0.1) is 11.8 Å². The second-order valence-corrected chi connectivity index (χ2v) is 7.96. The van der Waals surface area contributed by atoms with E-state index < -0.39 is 0 Å². The number of hydrogen-bond donors (Lipinski definition) is 1. The number of nitrogens with zero attached hydrogens (tertiary/aromatic N) is 2. The van der Waals surface area contributed by atoms with Gasteiger partial charge in [0.25, 0.3) is 5.91 Å². The fourth-order valence-electron chi connectivity index (χ4n) is 3.88. The normalized spacial score (nSPS) is 24.2. The topological polar surface area (TPSA) is 75.0 Å². The number of morpholine rings is 1. The van der Waals surface area contributed by atoms with E-state index in [-0.39, 0.29) is 23.8 Å². The largest absolute Gasteiger partial charge is 0.459 e. The molecule has 0 aliphatic carbocycles. The Bertz CT molecular complexity index is 617. The lowest BCUT2D eigenvalue weighted by atomic mass is 9.97. The lowest BCUT2D eigenvalue weighted by Gasteiger charge is -2.35. The van der Waals surface area contributed by atoms with Crippen LogP contribution in [0.5, 0.6) is 0 Å². The van der Waals surface area contributed by atoms with Gasteiger partial charge in [0.15, 0.2) is 5.76 Å². The number of carbonyl (C=O) groups excluding carboxylic acids is 2. The van der Waals surface area contributed by atoms with Gasteiger partial charge in [-0.1, -0.05) is 13.8 Å². The van der Waals surface area contributed by atoms with E-state index in [0.717, 1.165) is 32.5 Å². The Morgan fingerprint density at radius 2 is 2.15 bits per heavy atom. The molecule has 2 unspecified atom stereocenters. The van der Waals surface area contributed by atoms with Crippen LogP contribution in [-0.4, -0.2) is 73.6 Å². The summed E-state index contributed by atoms with van der Waals surface area (Å²) in [4.78, 5) is 29.2. The first-order valence-electron chi connectivity index (χ1n) is 9.97. The molecule has 2 aliphatic rings. The Hall–Kier alpha value is -1.86. The van der Waals surface area contributed by atoms with E-state index in [1.807, 2.05) is 0 Å². The van der Waals surface area contributed by atoms with Crippen molar-refractivity contribution in [1.82, 2.24) is 15.1 Å². The number of piperidine rings is 1. The third-order valence-electron chi connectivity index (χ3n) is 5.16. The maximum atomic E-state index is 12.6. The molecule has 0 saturated carbocycles. The van der Waals surface area contributed by atoms with Gasteiger partial charge in [-0.15, -0.1) is 0 Å². The van der Waals surface area contributed by atoms with Crippen molar-refractivity contribution in [3.05, 3.63) is 24.2 Å². The van der Waals surface area contributed by atoms with Gasteiger partial charge in [-0.05, 0) is 30.9 Å². The number of carbonyl (C=O) groups is 2. The monoisotopic (exact) mass is 377 g/mol. The summed E-state index contributed by atoms with van der Waals surface area (Å²) in [6.45, 7) is 9.63. The standard InChI is InChI=1S/C20H31N3O4/c1-15(2)12-22-8-10-26-17(14-22)11-21-19(24)16-5-3-7-23(13-16)20(25)18-6-4-9-27-18/h4,6,9,15-17H,3,5,7-8,10-14H2,1-2H3,(H,21,24). The van der Waals surface area contributed by atoms with Gasteiger partial charge >= 0.3 is 0 Å². The quantitative estimate of drug-likeness (QED) is 0.815. The second-order valence-electron chi connectivity index (χ2n) is 7.96. The molecule has 3 rings (SSSR count). The minimum atomic E-state index is -0.173. The maximum absolute atomic E-state index is 12.6. The van der Waals surface area contributed by atoms with Gasteiger partial charge < -0.3 is 19.4 Å². The molecule has 0 radical (unpaired) electrons. The maximum Gasteiger partial charge on any atom is 0.289 e. The number of hydrogen-bond acceptors (Lipinski definition) is 5. The SMILES string of the molecule is CC(C)CN1CCOC(CNC(=O)C2CCCN(C(=O)c3ccco3)C2)C1. The number of amides is 2. The van der Waals surface area contributed by atoms with Gasteiger partial charge in [0.1, 0.15) is 0 Å². The van der Waals surface area contributed by atoms with Gasteiger partial charge in [-0.25, -0.2) is 0 Å². The molecule has 0 spiro atoms. The Morgan fingerprint density at radius 1 is 1.30 bits per heavy atom. The lowest BCUT2D eigenvalue weighted by molar-refractivity contribution is -0.127. The smallest absolute Gasteiger partial charge is 0.289 e. The molecule has 0 bridgehead atoms. The predicted octanol–water partition coefficient (Wildman–Crippen LogP) is 1.60. The number of furan rings is 1. The highest BCUT2D eigenvalue weighted by atomic mass is 16.5. The summed E-state index contributed by atoms with van der Waals surface area (Å²) in [7, 11) is 0. The van der Waals surface area contributed by atoms with E-state index >= 15 is 0 Å². The van der Waals surface area contributed by atoms with E-state index in [0.29, 0.717) is 37.9 Å². The third-order valence-corrected chi connectivity index (χ3v) is 5.16. The molecular weight excluding hydrogens is 346 g/mol. The van der Waals surface area contributed by atoms with Crippen molar-refractivity contribution < 1.29 is 18.7 Å². The van der Waals surface area contributed by atoms with Gasteiger partial charge in [0.05, 0.1) is 24.9 Å². The van der Waals surface area contributed by atoms with Crippen LogP contribution in [0.15, 0.2) is 22.8 Å². The van der Waals surface area contributed by atoms with Crippen LogP contribution >= 0.6 is 0 Å². The summed E-state index contributed by atoms with van der Waals surface area (Å²) < 4.78 is 11.0. The van der Waals surface area contributed by atoms with Crippen molar-refractivity contribution in [2.75, 3.05) is 45.9 Å². The average Bonchev–Trinajstić information content (AvgIpc) is 3.20. The zero-order chi connectivity index (χ0) is 19.2. The molecule has 7 nitrogen and oxygen atoms in total. The van der Waals surface area contributed by atoms with E-state index in [9.17, 15) is 9.59 Å². The highest BCUT2D eigenvalue weighted by molar-refractivity contribution is 5.92. The number of nitrogens with one attached hydrogen (secondary N) is 1. The van der Waals surface area contributed by atoms with Crippen LogP contribution in [0.3, 0.4) is 0 Å². The van der Waals surface area contributed by atoms with Crippen molar-refractivity contribution in [3.63, 3.8) is 0 Å². The molecule has 2 saturated heterocycles. The van der Waals surface area contributed by atoms with Crippen molar-refractivity contribution in [2.45, 2.75) is 32.8 Å². The lowest BCUT2D eigenvalue weighted by Crippen LogP contribution is -2.50. The average molecular weight is 377 g/mol. The highest BCUT2D eigenvalue weighted by Crippen LogP contribution is 2.19. The molecule has 2 amide bonds. The van der Waals surface area contributed by atoms with Gasteiger partial charge in [-0.2, -0.15) is 0 Å². The Kier molecular flexibility index (Phi) is 6.90. The van der Waals surface area contributed by atoms with Crippen LogP contribution in [0.2, 0.25) is 0 Å². The fourth-order valence-corrected chi connectivity index (χ4v) is 3.88. The van der Waals surface area contributed by atoms with E-state index in [1.165, 1.54) is 6.26 Å². The first kappa shape index (κ1) is 19.9. The molecule has 1 aromatic heterocycles. The Morgan fingerprint density at radius 3 is 2.89 bits per heavy atom. The molecule has 1 aromatic rings. The summed E-state index contributed by atoms with van der Waals surface area (Å²) >= 11 is 0. The second kappa shape index (κ2) is 9.37. The summed E-state index contributed by atoms with van der Waals surface area (Å²) in [5, 5.41) is 3.04. The van der Waals surface area contributed by atoms with Crippen molar-refractivity contribution in [2.24, 2.45) is 11.8 Å². The zero-order valence-electron chi connectivity index (χ0n) is 16.4. The Balaban J connectivity index is 1.45. The molecule has 2 aliphatic heterocycles. The molecule has 3 heterocycles. The molecular formula is C20H31N3O4. The molecule has 150 valence electrons. The van der Waals surface area contributed by atoms with E-state index in [2.05, 4.69) is 24.1 Å². The van der Waals surface area contributed by atoms with E-state index in [1.54, 1.807) is 17.0 Å². The summed E-state index contributed by atoms with van der Waals surface area (Å²) in [6, 6.07) is 3.36. The zero-order valence-corrected chi connectivity index (χ0v) is 16.4. The van der Waals surface area contributed by atoms with Gasteiger partial charge in [-0.3, -0.25) is 14.5 Å². The van der Waals surface area contributed by atoms with Crippen molar-refractivity contribution >= 4 is 11.8 Å². The molecule has 1 N–H and O–H groups in total.